The molecule has 3 atom stereocenters. The van der Waals surface area contributed by atoms with Gasteiger partial charge in [-0.2, -0.15) is 0 Å². The van der Waals surface area contributed by atoms with Crippen LogP contribution in [-0.2, 0) is 6.42 Å². The minimum atomic E-state index is -0.205. The molecule has 98 valence electrons. The van der Waals surface area contributed by atoms with Gasteiger partial charge in [0.2, 0.25) is 0 Å². The fraction of sp³-hybridized carbons (Fsp3) is 0.600. The van der Waals surface area contributed by atoms with E-state index in [1.807, 2.05) is 6.07 Å². The third-order valence-electron chi connectivity index (χ3n) is 4.80. The van der Waals surface area contributed by atoms with Gasteiger partial charge in [-0.15, -0.1) is 0 Å². The maximum absolute atomic E-state index is 13.1. The molecule has 0 radical (unpaired) electrons. The topological polar surface area (TPSA) is 32.3 Å². The Bertz CT molecular complexity index is 472. The van der Waals surface area contributed by atoms with E-state index in [1.54, 1.807) is 12.1 Å². The van der Waals surface area contributed by atoms with Crippen LogP contribution in [0, 0.1) is 11.2 Å². The first-order chi connectivity index (χ1) is 8.48. The highest BCUT2D eigenvalue weighted by Crippen LogP contribution is 2.43. The van der Waals surface area contributed by atoms with Gasteiger partial charge in [0, 0.05) is 17.5 Å². The predicted molar refractivity (Wildman–Crippen MR) is 68.8 cm³/mol. The highest BCUT2D eigenvalue weighted by Gasteiger charge is 2.48. The molecule has 3 heteroatoms. The Kier molecular flexibility index (Phi) is 2.72. The lowest BCUT2D eigenvalue weighted by Crippen LogP contribution is -2.60. The first-order valence-electron chi connectivity index (χ1n) is 6.71. The van der Waals surface area contributed by atoms with Crippen LogP contribution < -0.4 is 5.32 Å². The lowest BCUT2D eigenvalue weighted by molar-refractivity contribution is -0.0760. The summed E-state index contributed by atoms with van der Waals surface area (Å²) in [5.41, 5.74) is 2.31. The van der Waals surface area contributed by atoms with E-state index in [2.05, 4.69) is 19.2 Å². The Morgan fingerprint density at radius 3 is 2.83 bits per heavy atom. The molecule has 0 amide bonds. The first kappa shape index (κ1) is 12.1. The number of hydrogen-bond donors (Lipinski definition) is 2. The normalized spacial score (nSPS) is 33.0. The Hall–Kier alpha value is -0.930. The van der Waals surface area contributed by atoms with Gasteiger partial charge in [-0.1, -0.05) is 19.9 Å². The minimum absolute atomic E-state index is 0.0528. The van der Waals surface area contributed by atoms with Gasteiger partial charge in [0.25, 0.3) is 0 Å². The number of hydrogen-bond acceptors (Lipinski definition) is 2. The molecule has 3 rings (SSSR count). The Morgan fingerprint density at radius 2 is 2.17 bits per heavy atom. The van der Waals surface area contributed by atoms with Crippen LogP contribution in [0.1, 0.15) is 43.9 Å². The number of aliphatic hydroxyl groups excluding tert-OH is 1. The third kappa shape index (κ3) is 1.77. The molecular weight excluding hydrogens is 229 g/mol. The number of halogens is 1. The molecule has 2 aliphatic rings. The van der Waals surface area contributed by atoms with E-state index in [0.29, 0.717) is 12.1 Å². The fourth-order valence-electron chi connectivity index (χ4n) is 3.19. The molecule has 3 unspecified atom stereocenters. The molecule has 0 aromatic heterocycles. The molecule has 1 saturated carbocycles. The van der Waals surface area contributed by atoms with Crippen LogP contribution in [-0.4, -0.2) is 17.3 Å². The largest absolute Gasteiger partial charge is 0.392 e. The Balaban J connectivity index is 1.74. The number of benzene rings is 1. The molecular formula is C15H20FNO. The van der Waals surface area contributed by atoms with Gasteiger partial charge in [0.15, 0.2) is 0 Å². The molecule has 2 N–H and O–H groups in total. The van der Waals surface area contributed by atoms with Crippen molar-refractivity contribution in [2.75, 3.05) is 0 Å². The summed E-state index contributed by atoms with van der Waals surface area (Å²) in [5.74, 6) is -0.145. The second-order valence-electron chi connectivity index (χ2n) is 6.23. The fourth-order valence-corrected chi connectivity index (χ4v) is 3.19. The summed E-state index contributed by atoms with van der Waals surface area (Å²) in [4.78, 5) is 0. The summed E-state index contributed by atoms with van der Waals surface area (Å²) in [7, 11) is 0. The van der Waals surface area contributed by atoms with Crippen molar-refractivity contribution >= 4 is 0 Å². The lowest BCUT2D eigenvalue weighted by atomic mass is 9.64. The summed E-state index contributed by atoms with van der Waals surface area (Å²) in [5, 5.41) is 13.4. The Labute approximate surface area is 107 Å². The average Bonchev–Trinajstić information content (AvgIpc) is 2.71. The number of fused-ring (bicyclic) bond motifs is 1. The first-order valence-corrected chi connectivity index (χ1v) is 6.71. The third-order valence-corrected chi connectivity index (χ3v) is 4.80. The van der Waals surface area contributed by atoms with Gasteiger partial charge >= 0.3 is 0 Å². The highest BCUT2D eigenvalue weighted by atomic mass is 19.1. The highest BCUT2D eigenvalue weighted by molar-refractivity contribution is 5.35. The Morgan fingerprint density at radius 1 is 1.39 bits per heavy atom. The van der Waals surface area contributed by atoms with E-state index in [9.17, 15) is 9.50 Å². The number of rotatable bonds is 2. The summed E-state index contributed by atoms with van der Waals surface area (Å²) in [6.45, 7) is 4.19. The van der Waals surface area contributed by atoms with Crippen molar-refractivity contribution in [1.82, 2.24) is 5.32 Å². The zero-order chi connectivity index (χ0) is 12.9. The van der Waals surface area contributed by atoms with Crippen molar-refractivity contribution in [2.24, 2.45) is 5.41 Å². The van der Waals surface area contributed by atoms with Gasteiger partial charge in [-0.05, 0) is 42.5 Å². The SMILES string of the molecule is CC1(C)C(O)CC1NC1CCc2cc(F)ccc21. The summed E-state index contributed by atoms with van der Waals surface area (Å²) < 4.78 is 13.1. The molecule has 0 bridgehead atoms. The van der Waals surface area contributed by atoms with E-state index < -0.39 is 0 Å². The maximum atomic E-state index is 13.1. The van der Waals surface area contributed by atoms with Crippen LogP contribution in [0.3, 0.4) is 0 Å². The molecule has 2 aliphatic carbocycles. The second-order valence-corrected chi connectivity index (χ2v) is 6.23. The van der Waals surface area contributed by atoms with E-state index in [4.69, 9.17) is 0 Å². The number of nitrogens with one attached hydrogen (secondary N) is 1. The zero-order valence-electron chi connectivity index (χ0n) is 10.9. The molecule has 0 aliphatic heterocycles. The molecule has 18 heavy (non-hydrogen) atoms. The van der Waals surface area contributed by atoms with Crippen molar-refractivity contribution < 1.29 is 9.50 Å². The van der Waals surface area contributed by atoms with E-state index in [0.717, 1.165) is 24.8 Å². The van der Waals surface area contributed by atoms with E-state index >= 15 is 0 Å². The van der Waals surface area contributed by atoms with Crippen molar-refractivity contribution in [3.8, 4) is 0 Å². The van der Waals surface area contributed by atoms with Crippen LogP contribution in [0.2, 0.25) is 0 Å². The molecule has 0 saturated heterocycles. The smallest absolute Gasteiger partial charge is 0.123 e. The molecule has 1 fully saturated rings. The molecule has 1 aromatic rings. The number of aliphatic hydroxyl groups is 1. The molecule has 2 nitrogen and oxygen atoms in total. The lowest BCUT2D eigenvalue weighted by Gasteiger charge is -2.50. The summed E-state index contributed by atoms with van der Waals surface area (Å²) in [6.07, 6.45) is 2.59. The van der Waals surface area contributed by atoms with Gasteiger partial charge in [-0.25, -0.2) is 4.39 Å². The summed E-state index contributed by atoms with van der Waals surface area (Å²) in [6, 6.07) is 5.76. The van der Waals surface area contributed by atoms with Crippen molar-refractivity contribution in [3.05, 3.63) is 35.1 Å². The quantitative estimate of drug-likeness (QED) is 0.844. The molecule has 0 heterocycles. The van der Waals surface area contributed by atoms with Crippen molar-refractivity contribution in [1.29, 1.82) is 0 Å². The van der Waals surface area contributed by atoms with Crippen LogP contribution in [0.15, 0.2) is 18.2 Å². The van der Waals surface area contributed by atoms with Crippen molar-refractivity contribution in [2.45, 2.75) is 51.3 Å². The van der Waals surface area contributed by atoms with Crippen LogP contribution in [0.25, 0.3) is 0 Å². The van der Waals surface area contributed by atoms with Gasteiger partial charge in [0.1, 0.15) is 5.82 Å². The predicted octanol–water partition coefficient (Wildman–Crippen LogP) is 2.56. The minimum Gasteiger partial charge on any atom is -0.392 e. The zero-order valence-corrected chi connectivity index (χ0v) is 10.9. The van der Waals surface area contributed by atoms with Crippen LogP contribution >= 0.6 is 0 Å². The van der Waals surface area contributed by atoms with Gasteiger partial charge < -0.3 is 10.4 Å². The van der Waals surface area contributed by atoms with E-state index in [-0.39, 0.29) is 17.3 Å². The van der Waals surface area contributed by atoms with E-state index in [1.165, 1.54) is 5.56 Å². The monoisotopic (exact) mass is 249 g/mol. The van der Waals surface area contributed by atoms with Crippen LogP contribution in [0.5, 0.6) is 0 Å². The van der Waals surface area contributed by atoms with Crippen molar-refractivity contribution in [3.63, 3.8) is 0 Å². The van der Waals surface area contributed by atoms with Crippen LogP contribution in [0.4, 0.5) is 4.39 Å². The number of aryl methyl sites for hydroxylation is 1. The standard InChI is InChI=1S/C15H20FNO/c1-15(2)13(8-14(15)18)17-12-6-3-9-7-10(16)4-5-11(9)12/h4-5,7,12-14,17-18H,3,6,8H2,1-2H3. The summed E-state index contributed by atoms with van der Waals surface area (Å²) >= 11 is 0. The van der Waals surface area contributed by atoms with Gasteiger partial charge in [-0.3, -0.25) is 0 Å². The van der Waals surface area contributed by atoms with Gasteiger partial charge in [0.05, 0.1) is 6.10 Å². The second kappa shape index (κ2) is 4.04. The molecule has 1 aromatic carbocycles. The molecule has 0 spiro atoms. The maximum Gasteiger partial charge on any atom is 0.123 e. The average molecular weight is 249 g/mol.